The van der Waals surface area contributed by atoms with E-state index in [1.165, 1.54) is 12.1 Å². The second-order valence-corrected chi connectivity index (χ2v) is 5.39. The van der Waals surface area contributed by atoms with Gasteiger partial charge in [0.25, 0.3) is 0 Å². The van der Waals surface area contributed by atoms with Gasteiger partial charge in [0, 0.05) is 0 Å². The number of benzene rings is 1. The molecule has 2 fully saturated rings. The highest BCUT2D eigenvalue weighted by Crippen LogP contribution is 2.59. The topological polar surface area (TPSA) is 20.2 Å². The highest BCUT2D eigenvalue weighted by Gasteiger charge is 2.64. The second-order valence-electron chi connectivity index (χ2n) is 5.39. The van der Waals surface area contributed by atoms with E-state index >= 15 is 0 Å². The van der Waals surface area contributed by atoms with Gasteiger partial charge in [-0.3, -0.25) is 0 Å². The predicted molar refractivity (Wildman–Crippen MR) is 60.8 cm³/mol. The van der Waals surface area contributed by atoms with Crippen molar-refractivity contribution >= 4 is 0 Å². The van der Waals surface area contributed by atoms with E-state index in [4.69, 9.17) is 0 Å². The molecule has 3 rings (SSSR count). The van der Waals surface area contributed by atoms with Crippen molar-refractivity contribution in [3.05, 3.63) is 41.8 Å². The zero-order valence-electron chi connectivity index (χ0n) is 9.80. The maximum atomic E-state index is 13.0. The Bertz CT molecular complexity index is 470. The lowest BCUT2D eigenvalue weighted by Crippen LogP contribution is -2.35. The van der Waals surface area contributed by atoms with Crippen LogP contribution in [-0.4, -0.2) is 11.3 Å². The molecule has 0 spiro atoms. The molecular formula is C14H14F3O. The van der Waals surface area contributed by atoms with E-state index in [9.17, 15) is 18.3 Å². The third-order valence-electron chi connectivity index (χ3n) is 4.21. The Labute approximate surface area is 104 Å². The van der Waals surface area contributed by atoms with Crippen molar-refractivity contribution < 1.29 is 18.3 Å². The SMILES string of the molecule is OC1(c2cccc(C3(C(F)(F)F)CC3)c2)C[CH]C1. The molecule has 0 amide bonds. The van der Waals surface area contributed by atoms with Crippen LogP contribution in [0.5, 0.6) is 0 Å². The molecule has 1 N–H and O–H groups in total. The molecule has 4 heteroatoms. The largest absolute Gasteiger partial charge is 0.398 e. The van der Waals surface area contributed by atoms with Crippen molar-refractivity contribution in [1.82, 2.24) is 0 Å². The van der Waals surface area contributed by atoms with Crippen molar-refractivity contribution in [2.75, 3.05) is 0 Å². The smallest absolute Gasteiger partial charge is 0.385 e. The Kier molecular flexibility index (Phi) is 2.34. The zero-order chi connectivity index (χ0) is 13.0. The van der Waals surface area contributed by atoms with Crippen LogP contribution in [-0.2, 0) is 11.0 Å². The van der Waals surface area contributed by atoms with E-state index in [1.54, 1.807) is 12.1 Å². The molecule has 0 bridgehead atoms. The first-order valence-corrected chi connectivity index (χ1v) is 6.09. The summed E-state index contributed by atoms with van der Waals surface area (Å²) in [5.74, 6) is 0. The first kappa shape index (κ1) is 12.0. The van der Waals surface area contributed by atoms with Gasteiger partial charge in [0.1, 0.15) is 0 Å². The predicted octanol–water partition coefficient (Wildman–Crippen LogP) is 3.47. The summed E-state index contributed by atoms with van der Waals surface area (Å²) in [5.41, 5.74) is -1.70. The summed E-state index contributed by atoms with van der Waals surface area (Å²) in [6, 6.07) is 6.39. The van der Waals surface area contributed by atoms with E-state index in [-0.39, 0.29) is 12.8 Å². The summed E-state index contributed by atoms with van der Waals surface area (Å²) in [5, 5.41) is 10.2. The zero-order valence-corrected chi connectivity index (χ0v) is 9.80. The maximum Gasteiger partial charge on any atom is 0.398 e. The van der Waals surface area contributed by atoms with Gasteiger partial charge in [0.05, 0.1) is 11.0 Å². The summed E-state index contributed by atoms with van der Waals surface area (Å²) >= 11 is 0. The molecule has 2 aliphatic carbocycles. The number of hydrogen-bond donors (Lipinski definition) is 1. The van der Waals surface area contributed by atoms with Crippen molar-refractivity contribution in [3.8, 4) is 0 Å². The molecule has 2 aliphatic rings. The molecule has 18 heavy (non-hydrogen) atoms. The fraction of sp³-hybridized carbons (Fsp3) is 0.500. The van der Waals surface area contributed by atoms with Gasteiger partial charge in [-0.05, 0) is 43.2 Å². The minimum atomic E-state index is -4.19. The molecule has 1 aromatic rings. The highest BCUT2D eigenvalue weighted by molar-refractivity contribution is 5.39. The minimum Gasteiger partial charge on any atom is -0.385 e. The summed E-state index contributed by atoms with van der Waals surface area (Å²) in [4.78, 5) is 0. The molecule has 0 saturated heterocycles. The van der Waals surface area contributed by atoms with Crippen LogP contribution in [0.1, 0.15) is 36.8 Å². The van der Waals surface area contributed by atoms with E-state index < -0.39 is 17.2 Å². The summed E-state index contributed by atoms with van der Waals surface area (Å²) in [6.07, 6.45) is -0.900. The van der Waals surface area contributed by atoms with E-state index in [2.05, 4.69) is 0 Å². The van der Waals surface area contributed by atoms with Gasteiger partial charge in [0.15, 0.2) is 0 Å². The number of hydrogen-bond acceptors (Lipinski definition) is 1. The van der Waals surface area contributed by atoms with Crippen molar-refractivity contribution in [2.45, 2.75) is 42.9 Å². The number of aliphatic hydroxyl groups is 1. The van der Waals surface area contributed by atoms with Crippen LogP contribution >= 0.6 is 0 Å². The maximum absolute atomic E-state index is 13.0. The second kappa shape index (κ2) is 3.50. The lowest BCUT2D eigenvalue weighted by atomic mass is 9.74. The molecule has 1 radical (unpaired) electrons. The van der Waals surface area contributed by atoms with Gasteiger partial charge in [-0.15, -0.1) is 0 Å². The summed E-state index contributed by atoms with van der Waals surface area (Å²) in [7, 11) is 0. The van der Waals surface area contributed by atoms with E-state index in [0.29, 0.717) is 24.0 Å². The van der Waals surface area contributed by atoms with Crippen LogP contribution in [0.4, 0.5) is 13.2 Å². The van der Waals surface area contributed by atoms with Crippen LogP contribution in [0.3, 0.4) is 0 Å². The van der Waals surface area contributed by atoms with Crippen molar-refractivity contribution in [2.24, 2.45) is 0 Å². The lowest BCUT2D eigenvalue weighted by Gasteiger charge is -2.37. The quantitative estimate of drug-likeness (QED) is 0.858. The van der Waals surface area contributed by atoms with Crippen LogP contribution in [0.2, 0.25) is 0 Å². The average Bonchev–Trinajstić information content (AvgIpc) is 3.06. The monoisotopic (exact) mass is 255 g/mol. The van der Waals surface area contributed by atoms with Gasteiger partial charge < -0.3 is 5.11 Å². The Morgan fingerprint density at radius 1 is 1.06 bits per heavy atom. The van der Waals surface area contributed by atoms with Gasteiger partial charge >= 0.3 is 6.18 Å². The molecular weight excluding hydrogens is 241 g/mol. The number of rotatable bonds is 2. The van der Waals surface area contributed by atoms with Crippen LogP contribution < -0.4 is 0 Å². The van der Waals surface area contributed by atoms with E-state index in [1.807, 2.05) is 6.42 Å². The third kappa shape index (κ3) is 1.58. The average molecular weight is 255 g/mol. The standard InChI is InChI=1S/C14H14F3O/c15-14(16,17)12(7-8-12)10-3-1-4-11(9-10)13(18)5-2-6-13/h1-4,9,18H,5-8H2. The van der Waals surface area contributed by atoms with Gasteiger partial charge in [-0.25, -0.2) is 0 Å². The molecule has 0 heterocycles. The molecule has 2 saturated carbocycles. The fourth-order valence-electron chi connectivity index (χ4n) is 2.62. The van der Waals surface area contributed by atoms with Crippen molar-refractivity contribution in [1.29, 1.82) is 0 Å². The van der Waals surface area contributed by atoms with Gasteiger partial charge in [-0.2, -0.15) is 13.2 Å². The fourth-order valence-corrected chi connectivity index (χ4v) is 2.62. The first-order chi connectivity index (χ1) is 8.37. The molecule has 1 nitrogen and oxygen atoms in total. The van der Waals surface area contributed by atoms with Crippen LogP contribution in [0, 0.1) is 6.42 Å². The van der Waals surface area contributed by atoms with Gasteiger partial charge in [-0.1, -0.05) is 24.3 Å². The summed E-state index contributed by atoms with van der Waals surface area (Å²) < 4.78 is 39.1. The molecule has 0 aromatic heterocycles. The molecule has 1 aromatic carbocycles. The normalized spacial score (nSPS) is 24.4. The number of halogens is 3. The lowest BCUT2D eigenvalue weighted by molar-refractivity contribution is -0.160. The van der Waals surface area contributed by atoms with Crippen LogP contribution in [0.15, 0.2) is 24.3 Å². The molecule has 0 atom stereocenters. The Morgan fingerprint density at radius 2 is 1.67 bits per heavy atom. The third-order valence-corrected chi connectivity index (χ3v) is 4.21. The first-order valence-electron chi connectivity index (χ1n) is 6.09. The molecule has 0 aliphatic heterocycles. The Balaban J connectivity index is 1.97. The van der Waals surface area contributed by atoms with E-state index in [0.717, 1.165) is 0 Å². The van der Waals surface area contributed by atoms with Crippen LogP contribution in [0.25, 0.3) is 0 Å². The highest BCUT2D eigenvalue weighted by atomic mass is 19.4. The minimum absolute atomic E-state index is 0.157. The summed E-state index contributed by atoms with van der Waals surface area (Å²) in [6.45, 7) is 0. The molecule has 0 unspecified atom stereocenters. The number of alkyl halides is 3. The Hall–Kier alpha value is -1.03. The van der Waals surface area contributed by atoms with Crippen molar-refractivity contribution in [3.63, 3.8) is 0 Å². The molecule has 97 valence electrons. The Morgan fingerprint density at radius 3 is 2.11 bits per heavy atom. The van der Waals surface area contributed by atoms with Gasteiger partial charge in [0.2, 0.25) is 0 Å².